The Morgan fingerprint density at radius 3 is 2.70 bits per heavy atom. The molecule has 0 spiro atoms. The summed E-state index contributed by atoms with van der Waals surface area (Å²) in [4.78, 5) is 6.80. The Morgan fingerprint density at radius 2 is 2.00 bits per heavy atom. The molecular weight excluding hydrogens is 270 g/mol. The van der Waals surface area contributed by atoms with Gasteiger partial charge in [-0.05, 0) is 43.8 Å². The maximum atomic E-state index is 6.05. The van der Waals surface area contributed by atoms with Gasteiger partial charge in [-0.25, -0.2) is 4.98 Å². The summed E-state index contributed by atoms with van der Waals surface area (Å²) in [5.41, 5.74) is 2.26. The van der Waals surface area contributed by atoms with Gasteiger partial charge in [-0.3, -0.25) is 4.90 Å². The van der Waals surface area contributed by atoms with Crippen molar-refractivity contribution in [1.29, 1.82) is 0 Å². The first-order valence-electron chi connectivity index (χ1n) is 6.69. The number of hydrogen-bond donors (Lipinski definition) is 1. The van der Waals surface area contributed by atoms with Crippen molar-refractivity contribution in [2.45, 2.75) is 19.5 Å². The molecule has 106 valence electrons. The maximum Gasteiger partial charge on any atom is 0.126 e. The third kappa shape index (κ3) is 3.71. The van der Waals surface area contributed by atoms with Gasteiger partial charge in [0.15, 0.2) is 0 Å². The van der Waals surface area contributed by atoms with Gasteiger partial charge in [-0.2, -0.15) is 0 Å². The third-order valence-corrected chi connectivity index (χ3v) is 3.70. The second kappa shape index (κ2) is 6.73. The summed E-state index contributed by atoms with van der Waals surface area (Å²) in [7, 11) is 3.98. The Morgan fingerprint density at radius 1 is 1.25 bits per heavy atom. The SMILES string of the molecule is CNc1cccc(CN(C)C(C)c2cccc(Cl)c2)n1. The van der Waals surface area contributed by atoms with Crippen LogP contribution in [0, 0.1) is 0 Å². The number of hydrogen-bond acceptors (Lipinski definition) is 3. The van der Waals surface area contributed by atoms with E-state index in [0.717, 1.165) is 23.1 Å². The topological polar surface area (TPSA) is 28.2 Å². The lowest BCUT2D eigenvalue weighted by Crippen LogP contribution is -2.22. The van der Waals surface area contributed by atoms with Crippen LogP contribution in [0.15, 0.2) is 42.5 Å². The molecule has 1 heterocycles. The van der Waals surface area contributed by atoms with E-state index in [1.807, 2.05) is 43.4 Å². The summed E-state index contributed by atoms with van der Waals surface area (Å²) < 4.78 is 0. The van der Waals surface area contributed by atoms with Gasteiger partial charge in [-0.1, -0.05) is 29.8 Å². The normalized spacial score (nSPS) is 12.4. The molecule has 0 saturated heterocycles. The van der Waals surface area contributed by atoms with Crippen molar-refractivity contribution in [3.63, 3.8) is 0 Å². The molecule has 0 aliphatic carbocycles. The van der Waals surface area contributed by atoms with Gasteiger partial charge >= 0.3 is 0 Å². The molecular formula is C16H20ClN3. The highest BCUT2D eigenvalue weighted by molar-refractivity contribution is 6.30. The molecule has 3 nitrogen and oxygen atoms in total. The Balaban J connectivity index is 2.09. The summed E-state index contributed by atoms with van der Waals surface area (Å²) in [6.07, 6.45) is 0. The van der Waals surface area contributed by atoms with Gasteiger partial charge in [0.25, 0.3) is 0 Å². The molecule has 1 aromatic carbocycles. The molecule has 0 saturated carbocycles. The van der Waals surface area contributed by atoms with Crippen LogP contribution in [0.1, 0.15) is 24.2 Å². The molecule has 0 amide bonds. The Labute approximate surface area is 125 Å². The van der Waals surface area contributed by atoms with Gasteiger partial charge in [-0.15, -0.1) is 0 Å². The number of nitrogens with zero attached hydrogens (tertiary/aromatic N) is 2. The van der Waals surface area contributed by atoms with Gasteiger partial charge in [0.05, 0.1) is 5.69 Å². The first-order chi connectivity index (χ1) is 9.60. The minimum Gasteiger partial charge on any atom is -0.373 e. The molecule has 2 rings (SSSR count). The van der Waals surface area contributed by atoms with Gasteiger partial charge in [0.2, 0.25) is 0 Å². The second-order valence-corrected chi connectivity index (χ2v) is 5.35. The van der Waals surface area contributed by atoms with E-state index in [0.29, 0.717) is 0 Å². The summed E-state index contributed by atoms with van der Waals surface area (Å²) in [5.74, 6) is 0.895. The molecule has 0 aliphatic heterocycles. The van der Waals surface area contributed by atoms with Crippen molar-refractivity contribution in [2.24, 2.45) is 0 Å². The Kier molecular flexibility index (Phi) is 4.99. The monoisotopic (exact) mass is 289 g/mol. The summed E-state index contributed by atoms with van der Waals surface area (Å²) in [6.45, 7) is 2.97. The molecule has 4 heteroatoms. The van der Waals surface area contributed by atoms with E-state index in [1.165, 1.54) is 5.56 Å². The fourth-order valence-corrected chi connectivity index (χ4v) is 2.32. The summed E-state index contributed by atoms with van der Waals surface area (Å²) >= 11 is 6.05. The summed E-state index contributed by atoms with van der Waals surface area (Å²) in [6, 6.07) is 14.3. The Bertz CT molecular complexity index is 571. The highest BCUT2D eigenvalue weighted by Gasteiger charge is 2.13. The van der Waals surface area contributed by atoms with E-state index in [4.69, 9.17) is 11.6 Å². The van der Waals surface area contributed by atoms with Crippen LogP contribution in [0.3, 0.4) is 0 Å². The minimum absolute atomic E-state index is 0.286. The van der Waals surface area contributed by atoms with Gasteiger partial charge < -0.3 is 5.32 Å². The van der Waals surface area contributed by atoms with E-state index < -0.39 is 0 Å². The average Bonchev–Trinajstić information content (AvgIpc) is 2.46. The van der Waals surface area contributed by atoms with Crippen LogP contribution in [0.2, 0.25) is 5.02 Å². The van der Waals surface area contributed by atoms with Crippen LogP contribution in [0.25, 0.3) is 0 Å². The molecule has 0 aliphatic rings. The number of aromatic nitrogens is 1. The fraction of sp³-hybridized carbons (Fsp3) is 0.312. The lowest BCUT2D eigenvalue weighted by molar-refractivity contribution is 0.250. The Hall–Kier alpha value is -1.58. The maximum absolute atomic E-state index is 6.05. The highest BCUT2D eigenvalue weighted by atomic mass is 35.5. The van der Waals surface area contributed by atoms with Crippen LogP contribution in [0.5, 0.6) is 0 Å². The van der Waals surface area contributed by atoms with E-state index >= 15 is 0 Å². The van der Waals surface area contributed by atoms with Gasteiger partial charge in [0, 0.05) is 24.7 Å². The van der Waals surface area contributed by atoms with Gasteiger partial charge in [0.1, 0.15) is 5.82 Å². The number of pyridine rings is 1. The highest BCUT2D eigenvalue weighted by Crippen LogP contribution is 2.23. The molecule has 1 N–H and O–H groups in total. The zero-order valence-corrected chi connectivity index (χ0v) is 12.9. The standard InChI is InChI=1S/C16H20ClN3/c1-12(13-6-4-7-14(17)10-13)20(3)11-15-8-5-9-16(18-2)19-15/h4-10,12H,11H2,1-3H3,(H,18,19). The molecule has 2 aromatic rings. The second-order valence-electron chi connectivity index (χ2n) is 4.91. The van der Waals surface area contributed by atoms with Crippen LogP contribution in [-0.2, 0) is 6.54 Å². The van der Waals surface area contributed by atoms with Crippen molar-refractivity contribution in [3.05, 3.63) is 58.7 Å². The predicted octanol–water partition coefficient (Wildman–Crippen LogP) is 3.97. The first-order valence-corrected chi connectivity index (χ1v) is 7.07. The first kappa shape index (κ1) is 14.8. The minimum atomic E-state index is 0.286. The number of nitrogens with one attached hydrogen (secondary N) is 1. The lowest BCUT2D eigenvalue weighted by atomic mass is 10.1. The quantitative estimate of drug-likeness (QED) is 0.903. The molecule has 1 aromatic heterocycles. The van der Waals surface area contributed by atoms with Crippen molar-refractivity contribution in [3.8, 4) is 0 Å². The van der Waals surface area contributed by atoms with E-state index in [9.17, 15) is 0 Å². The van der Waals surface area contributed by atoms with E-state index in [2.05, 4.69) is 35.2 Å². The number of benzene rings is 1. The lowest BCUT2D eigenvalue weighted by Gasteiger charge is -2.25. The fourth-order valence-electron chi connectivity index (χ4n) is 2.12. The number of rotatable bonds is 5. The number of halogens is 1. The zero-order chi connectivity index (χ0) is 14.5. The molecule has 0 radical (unpaired) electrons. The summed E-state index contributed by atoms with van der Waals surface area (Å²) in [5, 5.41) is 3.84. The largest absolute Gasteiger partial charge is 0.373 e. The molecule has 0 bridgehead atoms. The average molecular weight is 290 g/mol. The molecule has 1 atom stereocenters. The zero-order valence-electron chi connectivity index (χ0n) is 12.1. The van der Waals surface area contributed by atoms with E-state index in [1.54, 1.807) is 0 Å². The number of anilines is 1. The molecule has 20 heavy (non-hydrogen) atoms. The van der Waals surface area contributed by atoms with Crippen LogP contribution in [0.4, 0.5) is 5.82 Å². The van der Waals surface area contributed by atoms with Crippen LogP contribution < -0.4 is 5.32 Å². The molecule has 1 unspecified atom stereocenters. The van der Waals surface area contributed by atoms with Crippen molar-refractivity contribution in [1.82, 2.24) is 9.88 Å². The van der Waals surface area contributed by atoms with Crippen molar-refractivity contribution in [2.75, 3.05) is 19.4 Å². The third-order valence-electron chi connectivity index (χ3n) is 3.47. The van der Waals surface area contributed by atoms with Crippen molar-refractivity contribution < 1.29 is 0 Å². The van der Waals surface area contributed by atoms with E-state index in [-0.39, 0.29) is 6.04 Å². The van der Waals surface area contributed by atoms with Crippen LogP contribution >= 0.6 is 11.6 Å². The van der Waals surface area contributed by atoms with Crippen molar-refractivity contribution >= 4 is 17.4 Å². The van der Waals surface area contributed by atoms with Crippen LogP contribution in [-0.4, -0.2) is 24.0 Å². The molecule has 0 fully saturated rings. The smallest absolute Gasteiger partial charge is 0.126 e. The predicted molar refractivity (Wildman–Crippen MR) is 85.1 cm³/mol.